The molecule has 0 aliphatic carbocycles. The van der Waals surface area contributed by atoms with E-state index >= 15 is 0 Å². The first-order valence-corrected chi connectivity index (χ1v) is 8.31. The Hall–Kier alpha value is -1.63. The second-order valence-electron chi connectivity index (χ2n) is 7.15. The fourth-order valence-corrected chi connectivity index (χ4v) is 2.98. The van der Waals surface area contributed by atoms with Crippen molar-refractivity contribution in [3.8, 4) is 0 Å². The van der Waals surface area contributed by atoms with Crippen molar-refractivity contribution >= 4 is 17.8 Å². The van der Waals surface area contributed by atoms with Crippen LogP contribution in [0.25, 0.3) is 0 Å². The maximum atomic E-state index is 12.3. The van der Waals surface area contributed by atoms with Crippen molar-refractivity contribution in [2.45, 2.75) is 64.1 Å². The lowest BCUT2D eigenvalue weighted by molar-refractivity contribution is -0.163. The summed E-state index contributed by atoms with van der Waals surface area (Å²) in [5.74, 6) is -0.749. The summed E-state index contributed by atoms with van der Waals surface area (Å²) in [7, 11) is 0. The van der Waals surface area contributed by atoms with Crippen LogP contribution in [0.3, 0.4) is 0 Å². The molecule has 0 saturated carbocycles. The summed E-state index contributed by atoms with van der Waals surface area (Å²) in [5, 5.41) is 5.76. The highest BCUT2D eigenvalue weighted by atomic mass is 16.6. The van der Waals surface area contributed by atoms with Gasteiger partial charge in [-0.25, -0.2) is 4.79 Å². The Morgan fingerprint density at radius 1 is 1.22 bits per heavy atom. The van der Waals surface area contributed by atoms with Gasteiger partial charge in [0, 0.05) is 6.54 Å². The summed E-state index contributed by atoms with van der Waals surface area (Å²) >= 11 is 0. The van der Waals surface area contributed by atoms with Gasteiger partial charge in [-0.1, -0.05) is 0 Å². The number of carbonyl (C=O) groups is 3. The first kappa shape index (κ1) is 17.7. The second kappa shape index (κ2) is 7.29. The molecule has 2 heterocycles. The number of likely N-dealkylation sites (tertiary alicyclic amines) is 1. The van der Waals surface area contributed by atoms with E-state index in [2.05, 4.69) is 10.6 Å². The van der Waals surface area contributed by atoms with Crippen LogP contribution in [-0.2, 0) is 19.1 Å². The second-order valence-corrected chi connectivity index (χ2v) is 7.15. The SMILES string of the molecule is CC(C)(C)OC(=O)[C@@H]1CCCN1C(=O)CNC(=O)[C@@H]1CCCN1. The van der Waals surface area contributed by atoms with Gasteiger partial charge in [-0.15, -0.1) is 0 Å². The van der Waals surface area contributed by atoms with Crippen LogP contribution in [-0.4, -0.2) is 60.0 Å². The van der Waals surface area contributed by atoms with Crippen LogP contribution >= 0.6 is 0 Å². The Bertz CT molecular complexity index is 466. The average molecular weight is 325 g/mol. The Balaban J connectivity index is 1.85. The summed E-state index contributed by atoms with van der Waals surface area (Å²) in [6.07, 6.45) is 3.15. The molecule has 2 N–H and O–H groups in total. The molecule has 2 saturated heterocycles. The molecule has 130 valence electrons. The number of ether oxygens (including phenoxy) is 1. The van der Waals surface area contributed by atoms with E-state index in [1.165, 1.54) is 4.90 Å². The summed E-state index contributed by atoms with van der Waals surface area (Å²) in [6, 6.07) is -0.744. The van der Waals surface area contributed by atoms with Crippen LogP contribution < -0.4 is 10.6 Å². The maximum absolute atomic E-state index is 12.3. The van der Waals surface area contributed by atoms with Gasteiger partial charge in [0.05, 0.1) is 12.6 Å². The zero-order chi connectivity index (χ0) is 17.0. The molecule has 23 heavy (non-hydrogen) atoms. The first-order chi connectivity index (χ1) is 10.8. The highest BCUT2D eigenvalue weighted by molar-refractivity contribution is 5.90. The van der Waals surface area contributed by atoms with E-state index in [-0.39, 0.29) is 30.4 Å². The maximum Gasteiger partial charge on any atom is 0.329 e. The molecule has 0 spiro atoms. The van der Waals surface area contributed by atoms with Crippen LogP contribution in [0.2, 0.25) is 0 Å². The van der Waals surface area contributed by atoms with Gasteiger partial charge in [0.15, 0.2) is 0 Å². The van der Waals surface area contributed by atoms with E-state index in [1.54, 1.807) is 20.8 Å². The van der Waals surface area contributed by atoms with Crippen molar-refractivity contribution in [3.63, 3.8) is 0 Å². The topological polar surface area (TPSA) is 87.7 Å². The Morgan fingerprint density at radius 2 is 1.96 bits per heavy atom. The van der Waals surface area contributed by atoms with E-state index < -0.39 is 11.6 Å². The summed E-state index contributed by atoms with van der Waals surface area (Å²) in [5.41, 5.74) is -0.573. The number of hydrogen-bond donors (Lipinski definition) is 2. The van der Waals surface area contributed by atoms with Crippen molar-refractivity contribution < 1.29 is 19.1 Å². The number of amides is 2. The molecule has 0 radical (unpaired) electrons. The van der Waals surface area contributed by atoms with E-state index in [4.69, 9.17) is 4.74 Å². The number of rotatable bonds is 4. The molecule has 2 atom stereocenters. The lowest BCUT2D eigenvalue weighted by Crippen LogP contribution is -2.49. The highest BCUT2D eigenvalue weighted by Gasteiger charge is 2.37. The minimum Gasteiger partial charge on any atom is -0.458 e. The van der Waals surface area contributed by atoms with Crippen LogP contribution in [0.15, 0.2) is 0 Å². The number of nitrogens with zero attached hydrogens (tertiary/aromatic N) is 1. The largest absolute Gasteiger partial charge is 0.458 e. The fraction of sp³-hybridized carbons (Fsp3) is 0.812. The quantitative estimate of drug-likeness (QED) is 0.720. The number of hydrogen-bond acceptors (Lipinski definition) is 5. The van der Waals surface area contributed by atoms with Gasteiger partial charge in [0.25, 0.3) is 0 Å². The average Bonchev–Trinajstić information content (AvgIpc) is 3.12. The van der Waals surface area contributed by atoms with E-state index in [1.807, 2.05) is 0 Å². The molecular weight excluding hydrogens is 298 g/mol. The van der Waals surface area contributed by atoms with Crippen molar-refractivity contribution in [3.05, 3.63) is 0 Å². The predicted molar refractivity (Wildman–Crippen MR) is 84.6 cm³/mol. The fourth-order valence-electron chi connectivity index (χ4n) is 2.98. The third kappa shape index (κ3) is 4.92. The minimum absolute atomic E-state index is 0.0731. The molecule has 2 rings (SSSR count). The van der Waals surface area contributed by atoms with Gasteiger partial charge in [0.1, 0.15) is 11.6 Å². The van der Waals surface area contributed by atoms with Crippen LogP contribution in [0.4, 0.5) is 0 Å². The molecule has 2 fully saturated rings. The van der Waals surface area contributed by atoms with Crippen LogP contribution in [0.5, 0.6) is 0 Å². The van der Waals surface area contributed by atoms with Crippen molar-refractivity contribution in [2.75, 3.05) is 19.6 Å². The Morgan fingerprint density at radius 3 is 2.57 bits per heavy atom. The predicted octanol–water partition coefficient (Wildman–Crippen LogP) is 0.187. The lowest BCUT2D eigenvalue weighted by atomic mass is 10.1. The van der Waals surface area contributed by atoms with E-state index in [0.717, 1.165) is 25.8 Å². The molecule has 2 aliphatic rings. The number of esters is 1. The summed E-state index contributed by atoms with van der Waals surface area (Å²) < 4.78 is 5.38. The van der Waals surface area contributed by atoms with Crippen molar-refractivity contribution in [2.24, 2.45) is 0 Å². The summed E-state index contributed by atoms with van der Waals surface area (Å²) in [6.45, 7) is 6.71. The summed E-state index contributed by atoms with van der Waals surface area (Å²) in [4.78, 5) is 38.0. The normalized spacial score (nSPS) is 24.6. The number of nitrogens with one attached hydrogen (secondary N) is 2. The van der Waals surface area contributed by atoms with Gasteiger partial charge in [-0.2, -0.15) is 0 Å². The van der Waals surface area contributed by atoms with Gasteiger partial charge in [-0.05, 0) is 53.0 Å². The monoisotopic (exact) mass is 325 g/mol. The molecule has 0 aromatic rings. The minimum atomic E-state index is -0.573. The van der Waals surface area contributed by atoms with Gasteiger partial charge in [0.2, 0.25) is 11.8 Å². The van der Waals surface area contributed by atoms with Gasteiger partial charge < -0.3 is 20.3 Å². The van der Waals surface area contributed by atoms with Crippen molar-refractivity contribution in [1.29, 1.82) is 0 Å². The van der Waals surface area contributed by atoms with Crippen molar-refractivity contribution in [1.82, 2.24) is 15.5 Å². The zero-order valence-corrected chi connectivity index (χ0v) is 14.2. The molecule has 0 aromatic carbocycles. The van der Waals surface area contributed by atoms with Crippen LogP contribution in [0, 0.1) is 0 Å². The van der Waals surface area contributed by atoms with Gasteiger partial charge in [-0.3, -0.25) is 9.59 Å². The third-order valence-corrected chi connectivity index (χ3v) is 4.04. The highest BCUT2D eigenvalue weighted by Crippen LogP contribution is 2.21. The number of carbonyl (C=O) groups excluding carboxylic acids is 3. The zero-order valence-electron chi connectivity index (χ0n) is 14.2. The third-order valence-electron chi connectivity index (χ3n) is 4.04. The van der Waals surface area contributed by atoms with E-state index in [9.17, 15) is 14.4 Å². The van der Waals surface area contributed by atoms with Crippen LogP contribution in [0.1, 0.15) is 46.5 Å². The molecule has 2 amide bonds. The molecule has 7 heteroatoms. The molecule has 0 aromatic heterocycles. The smallest absolute Gasteiger partial charge is 0.329 e. The molecule has 2 aliphatic heterocycles. The molecule has 7 nitrogen and oxygen atoms in total. The molecule has 0 unspecified atom stereocenters. The molecular formula is C16H27N3O4. The lowest BCUT2D eigenvalue weighted by Gasteiger charge is -2.27. The standard InChI is InChI=1S/C16H27N3O4/c1-16(2,3)23-15(22)12-7-5-9-19(12)13(20)10-18-14(21)11-6-4-8-17-11/h11-12,17H,4-10H2,1-3H3,(H,18,21)/t11-,12-/m0/s1. The van der Waals surface area contributed by atoms with Gasteiger partial charge >= 0.3 is 5.97 Å². The Labute approximate surface area is 137 Å². The first-order valence-electron chi connectivity index (χ1n) is 8.31. The Kier molecular flexibility index (Phi) is 5.62. The molecule has 0 bridgehead atoms. The van der Waals surface area contributed by atoms with E-state index in [0.29, 0.717) is 13.0 Å².